The van der Waals surface area contributed by atoms with Gasteiger partial charge in [0.1, 0.15) is 0 Å². The van der Waals surface area contributed by atoms with Crippen molar-refractivity contribution in [3.8, 4) is 11.8 Å². The Hall–Kier alpha value is -2.81. The molecule has 0 unspecified atom stereocenters. The number of likely N-dealkylation sites (tertiary alicyclic amines) is 1. The van der Waals surface area contributed by atoms with Crippen LogP contribution in [0.2, 0.25) is 0 Å². The summed E-state index contributed by atoms with van der Waals surface area (Å²) in [5.74, 6) is 7.35. The van der Waals surface area contributed by atoms with E-state index in [2.05, 4.69) is 27.3 Å². The van der Waals surface area contributed by atoms with Gasteiger partial charge in [0, 0.05) is 18.7 Å². The maximum absolute atomic E-state index is 12.3. The van der Waals surface area contributed by atoms with Crippen LogP contribution in [0.5, 0.6) is 0 Å². The minimum absolute atomic E-state index is 0.0988. The van der Waals surface area contributed by atoms with Gasteiger partial charge in [-0.25, -0.2) is 4.79 Å². The molecule has 124 valence electrons. The Morgan fingerprint density at radius 2 is 2.25 bits per heavy atom. The molecule has 0 spiro atoms. The van der Waals surface area contributed by atoms with Crippen LogP contribution in [0.1, 0.15) is 36.0 Å². The van der Waals surface area contributed by atoms with Gasteiger partial charge >= 0.3 is 6.03 Å². The fraction of sp³-hybridized carbons (Fsp3) is 0.389. The van der Waals surface area contributed by atoms with Crippen molar-refractivity contribution >= 4 is 6.03 Å². The summed E-state index contributed by atoms with van der Waals surface area (Å²) >= 11 is 0. The normalized spacial score (nSPS) is 17.0. The molecular weight excluding hydrogens is 304 g/mol. The second-order valence-corrected chi connectivity index (χ2v) is 5.79. The lowest BCUT2D eigenvalue weighted by Crippen LogP contribution is -2.45. The van der Waals surface area contributed by atoms with Crippen LogP contribution in [0.3, 0.4) is 0 Å². The Kier molecular flexibility index (Phi) is 5.12. The number of benzene rings is 1. The SMILES string of the molecule is Cc1noc([C@@H]2CCCN(C(=O)NCC#Cc3ccccc3)C2)n1. The van der Waals surface area contributed by atoms with Crippen LogP contribution in [0.25, 0.3) is 0 Å². The summed E-state index contributed by atoms with van der Waals surface area (Å²) in [6.07, 6.45) is 1.88. The Labute approximate surface area is 141 Å². The standard InChI is InChI=1S/C18H20N4O2/c1-14-20-17(24-21-14)16-10-6-12-22(13-16)18(23)19-11-5-9-15-7-3-2-4-8-15/h2-4,7-8,16H,6,10-13H2,1H3,(H,19,23)/t16-/m1/s1. The average Bonchev–Trinajstić information content (AvgIpc) is 3.06. The van der Waals surface area contributed by atoms with E-state index in [1.165, 1.54) is 0 Å². The quantitative estimate of drug-likeness (QED) is 0.861. The number of urea groups is 1. The van der Waals surface area contributed by atoms with Crippen LogP contribution >= 0.6 is 0 Å². The predicted molar refractivity (Wildman–Crippen MR) is 89.3 cm³/mol. The van der Waals surface area contributed by atoms with E-state index in [4.69, 9.17) is 4.52 Å². The number of piperidine rings is 1. The van der Waals surface area contributed by atoms with Crippen molar-refractivity contribution < 1.29 is 9.32 Å². The molecule has 2 amide bonds. The summed E-state index contributed by atoms with van der Waals surface area (Å²) < 4.78 is 5.24. The minimum atomic E-state index is -0.0988. The molecule has 0 saturated carbocycles. The molecule has 6 heteroatoms. The van der Waals surface area contributed by atoms with Crippen molar-refractivity contribution in [1.82, 2.24) is 20.4 Å². The smallest absolute Gasteiger partial charge is 0.318 e. The highest BCUT2D eigenvalue weighted by atomic mass is 16.5. The largest absolute Gasteiger partial charge is 0.339 e. The van der Waals surface area contributed by atoms with Crippen molar-refractivity contribution in [1.29, 1.82) is 0 Å². The van der Waals surface area contributed by atoms with E-state index in [0.29, 0.717) is 24.8 Å². The summed E-state index contributed by atoms with van der Waals surface area (Å²) in [6.45, 7) is 3.46. The molecule has 1 N–H and O–H groups in total. The van der Waals surface area contributed by atoms with Crippen molar-refractivity contribution in [3.63, 3.8) is 0 Å². The maximum atomic E-state index is 12.3. The molecule has 1 aliphatic heterocycles. The monoisotopic (exact) mass is 324 g/mol. The summed E-state index contributed by atoms with van der Waals surface area (Å²) in [7, 11) is 0. The van der Waals surface area contributed by atoms with Gasteiger partial charge in [0.2, 0.25) is 5.89 Å². The molecule has 1 aromatic carbocycles. The van der Waals surface area contributed by atoms with Gasteiger partial charge < -0.3 is 14.7 Å². The summed E-state index contributed by atoms with van der Waals surface area (Å²) in [5.41, 5.74) is 0.941. The molecule has 3 rings (SSSR count). The molecule has 0 radical (unpaired) electrons. The van der Waals surface area contributed by atoms with Crippen molar-refractivity contribution in [2.45, 2.75) is 25.7 Å². The van der Waals surface area contributed by atoms with E-state index in [9.17, 15) is 4.79 Å². The molecule has 1 saturated heterocycles. The van der Waals surface area contributed by atoms with Gasteiger partial charge in [0.25, 0.3) is 0 Å². The molecule has 1 aromatic heterocycles. The van der Waals surface area contributed by atoms with Crippen LogP contribution < -0.4 is 5.32 Å². The van der Waals surface area contributed by atoms with E-state index in [1.807, 2.05) is 30.3 Å². The number of nitrogens with zero attached hydrogens (tertiary/aromatic N) is 3. The Bertz CT molecular complexity index is 745. The Balaban J connectivity index is 1.50. The highest BCUT2D eigenvalue weighted by Gasteiger charge is 2.28. The lowest BCUT2D eigenvalue weighted by atomic mass is 9.98. The lowest BCUT2D eigenvalue weighted by Gasteiger charge is -2.30. The van der Waals surface area contributed by atoms with Gasteiger partial charge in [-0.3, -0.25) is 0 Å². The maximum Gasteiger partial charge on any atom is 0.318 e. The first-order valence-corrected chi connectivity index (χ1v) is 8.09. The Morgan fingerprint density at radius 3 is 3.00 bits per heavy atom. The van der Waals surface area contributed by atoms with Gasteiger partial charge in [0.15, 0.2) is 5.82 Å². The molecular formula is C18H20N4O2. The topological polar surface area (TPSA) is 71.3 Å². The van der Waals surface area contributed by atoms with E-state index in [0.717, 1.165) is 24.9 Å². The van der Waals surface area contributed by atoms with Gasteiger partial charge in [-0.05, 0) is 31.9 Å². The first kappa shape index (κ1) is 16.1. The summed E-state index contributed by atoms with van der Waals surface area (Å²) in [6, 6.07) is 9.61. The van der Waals surface area contributed by atoms with Crippen LogP contribution in [0, 0.1) is 18.8 Å². The van der Waals surface area contributed by atoms with E-state index >= 15 is 0 Å². The third-order valence-electron chi connectivity index (χ3n) is 3.94. The third kappa shape index (κ3) is 4.13. The number of carbonyl (C=O) groups excluding carboxylic acids is 1. The van der Waals surface area contributed by atoms with Gasteiger partial charge in [-0.2, -0.15) is 4.98 Å². The molecule has 24 heavy (non-hydrogen) atoms. The van der Waals surface area contributed by atoms with Crippen molar-refractivity contribution in [2.75, 3.05) is 19.6 Å². The second-order valence-electron chi connectivity index (χ2n) is 5.79. The molecule has 6 nitrogen and oxygen atoms in total. The number of carbonyl (C=O) groups is 1. The number of hydrogen-bond donors (Lipinski definition) is 1. The summed E-state index contributed by atoms with van der Waals surface area (Å²) in [5, 5.41) is 6.67. The molecule has 2 heterocycles. The van der Waals surface area contributed by atoms with E-state index in [1.54, 1.807) is 11.8 Å². The number of aryl methyl sites for hydroxylation is 1. The number of rotatable bonds is 2. The second kappa shape index (κ2) is 7.64. The predicted octanol–water partition coefficient (Wildman–Crippen LogP) is 2.32. The number of hydrogen-bond acceptors (Lipinski definition) is 4. The summed E-state index contributed by atoms with van der Waals surface area (Å²) in [4.78, 5) is 18.3. The van der Waals surface area contributed by atoms with Crippen LogP contribution in [0.4, 0.5) is 4.79 Å². The van der Waals surface area contributed by atoms with Crippen LogP contribution in [0.15, 0.2) is 34.9 Å². The first-order chi connectivity index (χ1) is 11.7. The van der Waals surface area contributed by atoms with Crippen molar-refractivity contribution in [3.05, 3.63) is 47.6 Å². The molecule has 2 aromatic rings. The highest BCUT2D eigenvalue weighted by molar-refractivity contribution is 5.74. The zero-order chi connectivity index (χ0) is 16.8. The molecule has 0 aliphatic carbocycles. The molecule has 0 bridgehead atoms. The Morgan fingerprint density at radius 1 is 1.42 bits per heavy atom. The first-order valence-electron chi connectivity index (χ1n) is 8.09. The van der Waals surface area contributed by atoms with Gasteiger partial charge in [-0.1, -0.05) is 35.2 Å². The van der Waals surface area contributed by atoms with Crippen LogP contribution in [-0.2, 0) is 0 Å². The zero-order valence-electron chi connectivity index (χ0n) is 13.7. The van der Waals surface area contributed by atoms with E-state index < -0.39 is 0 Å². The lowest BCUT2D eigenvalue weighted by molar-refractivity contribution is 0.173. The minimum Gasteiger partial charge on any atom is -0.339 e. The fourth-order valence-corrected chi connectivity index (χ4v) is 2.74. The highest BCUT2D eigenvalue weighted by Crippen LogP contribution is 2.25. The molecule has 1 fully saturated rings. The fourth-order valence-electron chi connectivity index (χ4n) is 2.74. The zero-order valence-corrected chi connectivity index (χ0v) is 13.7. The average molecular weight is 324 g/mol. The van der Waals surface area contributed by atoms with Crippen molar-refractivity contribution in [2.24, 2.45) is 0 Å². The number of amides is 2. The molecule has 1 atom stereocenters. The van der Waals surface area contributed by atoms with Gasteiger partial charge in [0.05, 0.1) is 12.5 Å². The van der Waals surface area contributed by atoms with Gasteiger partial charge in [-0.15, -0.1) is 0 Å². The van der Waals surface area contributed by atoms with Crippen LogP contribution in [-0.4, -0.2) is 40.7 Å². The van der Waals surface area contributed by atoms with E-state index in [-0.39, 0.29) is 11.9 Å². The molecule has 1 aliphatic rings. The number of nitrogens with one attached hydrogen (secondary N) is 1. The number of aromatic nitrogens is 2. The third-order valence-corrected chi connectivity index (χ3v) is 3.94.